The van der Waals surface area contributed by atoms with Gasteiger partial charge in [0.05, 0.1) is 11.5 Å². The van der Waals surface area contributed by atoms with E-state index in [1.165, 1.54) is 29.8 Å². The van der Waals surface area contributed by atoms with Crippen molar-refractivity contribution in [2.24, 2.45) is 5.92 Å². The Kier molecular flexibility index (Phi) is 8.24. The first-order chi connectivity index (χ1) is 16.2. The quantitative estimate of drug-likeness (QED) is 0.420. The second-order valence-electron chi connectivity index (χ2n) is 8.26. The molecule has 0 fully saturated rings. The van der Waals surface area contributed by atoms with Crippen LogP contribution in [0.1, 0.15) is 35.5 Å². The van der Waals surface area contributed by atoms with Gasteiger partial charge in [-0.05, 0) is 24.5 Å². The molecule has 0 aliphatic heterocycles. The molecule has 0 atom stereocenters. The summed E-state index contributed by atoms with van der Waals surface area (Å²) in [5, 5.41) is 0.307. The van der Waals surface area contributed by atoms with E-state index in [4.69, 9.17) is 15.2 Å². The summed E-state index contributed by atoms with van der Waals surface area (Å²) < 4.78 is 26.9. The molecule has 0 saturated heterocycles. The van der Waals surface area contributed by atoms with Gasteiger partial charge in [-0.1, -0.05) is 19.9 Å². The molecule has 184 valence electrons. The molecule has 0 unspecified atom stereocenters. The first-order valence-corrected chi connectivity index (χ1v) is 11.6. The number of nitrogens with two attached hydrogens (primary N) is 1. The van der Waals surface area contributed by atoms with Crippen LogP contribution in [0.4, 0.5) is 15.9 Å². The normalized spacial score (nSPS) is 11.5. The Labute approximate surface area is 199 Å². The maximum absolute atomic E-state index is 14.7. The van der Waals surface area contributed by atoms with Crippen LogP contribution in [0, 0.1) is 11.7 Å². The number of methoxy groups -OCH3 is 2. The highest BCUT2D eigenvalue weighted by atomic mass is 32.1. The molecule has 11 heteroatoms. The fraction of sp³-hybridized carbons (Fsp3) is 0.435. The number of rotatable bonds is 10. The van der Waals surface area contributed by atoms with Crippen LogP contribution in [0.25, 0.3) is 10.1 Å². The number of thiophene rings is 1. The third-order valence-electron chi connectivity index (χ3n) is 5.25. The molecule has 9 nitrogen and oxygen atoms in total. The summed E-state index contributed by atoms with van der Waals surface area (Å²) in [7, 11) is 2.99. The van der Waals surface area contributed by atoms with E-state index >= 15 is 0 Å². The van der Waals surface area contributed by atoms with Gasteiger partial charge < -0.3 is 15.2 Å². The molecule has 0 bridgehead atoms. The molecule has 0 aliphatic carbocycles. The molecule has 1 amide bonds. The zero-order valence-electron chi connectivity index (χ0n) is 19.6. The maximum Gasteiger partial charge on any atom is 0.330 e. The van der Waals surface area contributed by atoms with E-state index in [2.05, 4.69) is 4.98 Å². The number of hydrogen-bond acceptors (Lipinski definition) is 7. The minimum absolute atomic E-state index is 0.00655. The van der Waals surface area contributed by atoms with E-state index in [9.17, 15) is 18.8 Å². The predicted molar refractivity (Wildman–Crippen MR) is 131 cm³/mol. The molecule has 3 N–H and O–H groups in total. The van der Waals surface area contributed by atoms with Crippen molar-refractivity contribution in [3.63, 3.8) is 0 Å². The van der Waals surface area contributed by atoms with Crippen LogP contribution in [-0.2, 0) is 22.6 Å². The van der Waals surface area contributed by atoms with Gasteiger partial charge in [0.1, 0.15) is 11.6 Å². The molecule has 0 saturated carbocycles. The Balaban J connectivity index is 2.21. The highest BCUT2D eigenvalue weighted by molar-refractivity contribution is 7.21. The number of anilines is 2. The molecule has 3 aromatic rings. The summed E-state index contributed by atoms with van der Waals surface area (Å²) in [5.41, 5.74) is 5.15. The number of carbonyl (C=O) groups excluding carboxylic acids is 1. The highest BCUT2D eigenvalue weighted by Gasteiger charge is 2.29. The monoisotopic (exact) mass is 492 g/mol. The molecule has 0 aliphatic rings. The summed E-state index contributed by atoms with van der Waals surface area (Å²) in [6.45, 7) is 4.51. The molecule has 0 radical (unpaired) electrons. The van der Waals surface area contributed by atoms with Crippen LogP contribution in [-0.4, -0.2) is 42.8 Å². The van der Waals surface area contributed by atoms with Gasteiger partial charge in [-0.2, -0.15) is 0 Å². The van der Waals surface area contributed by atoms with Crippen molar-refractivity contribution >= 4 is 38.8 Å². The second-order valence-corrected chi connectivity index (χ2v) is 9.31. The average Bonchev–Trinajstić information content (AvgIpc) is 3.15. The Morgan fingerprint density at radius 3 is 2.65 bits per heavy atom. The number of hydrogen-bond donors (Lipinski definition) is 2. The first kappa shape index (κ1) is 25.6. The number of aromatic nitrogens is 2. The number of H-pyrrole nitrogens is 1. The number of benzene rings is 1. The van der Waals surface area contributed by atoms with Crippen molar-refractivity contribution < 1.29 is 18.7 Å². The SMILES string of the molecule is COCCCN(C(=O)c1sc2cccc(F)c2c1COC)c1c(N)n(CC(C)C)c(=O)[nH]c1=O. The molecular formula is C23H29FN4O5S. The van der Waals surface area contributed by atoms with Crippen molar-refractivity contribution in [1.82, 2.24) is 9.55 Å². The third kappa shape index (κ3) is 5.06. The van der Waals surface area contributed by atoms with Crippen molar-refractivity contribution in [3.05, 3.63) is 55.3 Å². The van der Waals surface area contributed by atoms with Crippen LogP contribution in [0.3, 0.4) is 0 Å². The van der Waals surface area contributed by atoms with E-state index in [1.807, 2.05) is 13.8 Å². The Morgan fingerprint density at radius 2 is 2.00 bits per heavy atom. The van der Waals surface area contributed by atoms with Crippen molar-refractivity contribution in [3.8, 4) is 0 Å². The Bertz CT molecular complexity index is 1300. The fourth-order valence-electron chi connectivity index (χ4n) is 3.81. The van der Waals surface area contributed by atoms with Gasteiger partial charge in [0.2, 0.25) is 0 Å². The molecule has 2 heterocycles. The number of carbonyl (C=O) groups is 1. The minimum atomic E-state index is -0.770. The van der Waals surface area contributed by atoms with Crippen molar-refractivity contribution in [2.45, 2.75) is 33.4 Å². The van der Waals surface area contributed by atoms with Gasteiger partial charge in [0.15, 0.2) is 5.69 Å². The van der Waals surface area contributed by atoms with Crippen LogP contribution >= 0.6 is 11.3 Å². The van der Waals surface area contributed by atoms with Crippen molar-refractivity contribution in [1.29, 1.82) is 0 Å². The fourth-order valence-corrected chi connectivity index (χ4v) is 4.98. The summed E-state index contributed by atoms with van der Waals surface area (Å²) in [4.78, 5) is 42.9. The van der Waals surface area contributed by atoms with Gasteiger partial charge in [-0.25, -0.2) is 9.18 Å². The number of nitrogens with one attached hydrogen (secondary N) is 1. The third-order valence-corrected chi connectivity index (χ3v) is 6.44. The Morgan fingerprint density at radius 1 is 1.26 bits per heavy atom. The minimum Gasteiger partial charge on any atom is -0.385 e. The number of nitrogens with zero attached hydrogens (tertiary/aromatic N) is 2. The lowest BCUT2D eigenvalue weighted by atomic mass is 10.1. The van der Waals surface area contributed by atoms with E-state index in [0.717, 1.165) is 11.3 Å². The smallest absolute Gasteiger partial charge is 0.330 e. The standard InChI is InChI=1S/C23H29FN4O5S/c1-13(2)11-28-20(25)18(21(29)26-23(28)31)27(9-6-10-32-3)22(30)19-14(12-33-4)17-15(24)7-5-8-16(17)34-19/h5,7-8,13H,6,9-12,25H2,1-4H3,(H,26,29,31). The lowest BCUT2D eigenvalue weighted by Crippen LogP contribution is -2.42. The topological polar surface area (TPSA) is 120 Å². The molecular weight excluding hydrogens is 463 g/mol. The maximum atomic E-state index is 14.7. The molecule has 3 rings (SSSR count). The summed E-state index contributed by atoms with van der Waals surface area (Å²) >= 11 is 1.11. The second kappa shape index (κ2) is 10.9. The first-order valence-electron chi connectivity index (χ1n) is 10.8. The molecule has 1 aromatic carbocycles. The van der Waals surface area contributed by atoms with Gasteiger partial charge in [-0.3, -0.25) is 24.0 Å². The summed E-state index contributed by atoms with van der Waals surface area (Å²) in [6.07, 6.45) is 0.406. The Hall–Kier alpha value is -3.02. The van der Waals surface area contributed by atoms with E-state index < -0.39 is 23.0 Å². The lowest BCUT2D eigenvalue weighted by Gasteiger charge is -2.25. The average molecular weight is 493 g/mol. The van der Waals surface area contributed by atoms with Gasteiger partial charge in [-0.15, -0.1) is 11.3 Å². The number of fused-ring (bicyclic) bond motifs is 1. The largest absolute Gasteiger partial charge is 0.385 e. The number of nitrogen functional groups attached to an aromatic ring is 1. The van der Waals surface area contributed by atoms with Crippen LogP contribution in [0.5, 0.6) is 0 Å². The molecule has 0 spiro atoms. The van der Waals surface area contributed by atoms with Crippen LogP contribution in [0.2, 0.25) is 0 Å². The number of ether oxygens (including phenoxy) is 2. The number of aromatic amines is 1. The summed E-state index contributed by atoms with van der Waals surface area (Å²) in [5.74, 6) is -1.03. The zero-order valence-corrected chi connectivity index (χ0v) is 20.5. The van der Waals surface area contributed by atoms with E-state index in [-0.39, 0.29) is 42.0 Å². The number of halogens is 1. The van der Waals surface area contributed by atoms with Crippen LogP contribution < -0.4 is 21.9 Å². The van der Waals surface area contributed by atoms with Gasteiger partial charge in [0.25, 0.3) is 11.5 Å². The number of amides is 1. The lowest BCUT2D eigenvalue weighted by molar-refractivity contribution is 0.0983. The van der Waals surface area contributed by atoms with Gasteiger partial charge >= 0.3 is 5.69 Å². The highest BCUT2D eigenvalue weighted by Crippen LogP contribution is 2.35. The van der Waals surface area contributed by atoms with E-state index in [0.29, 0.717) is 28.7 Å². The zero-order chi connectivity index (χ0) is 25.0. The van der Waals surface area contributed by atoms with Gasteiger partial charge in [0, 0.05) is 49.6 Å². The molecule has 2 aromatic heterocycles. The van der Waals surface area contributed by atoms with E-state index in [1.54, 1.807) is 12.1 Å². The summed E-state index contributed by atoms with van der Waals surface area (Å²) in [6, 6.07) is 4.61. The predicted octanol–water partition coefficient (Wildman–Crippen LogP) is 2.96. The van der Waals surface area contributed by atoms with Crippen LogP contribution in [0.15, 0.2) is 27.8 Å². The van der Waals surface area contributed by atoms with Crippen molar-refractivity contribution in [2.75, 3.05) is 38.0 Å². The molecule has 34 heavy (non-hydrogen) atoms.